The van der Waals surface area contributed by atoms with Crippen molar-refractivity contribution in [2.45, 2.75) is 13.5 Å². The maximum absolute atomic E-state index is 13.1. The molecule has 0 aliphatic carbocycles. The summed E-state index contributed by atoms with van der Waals surface area (Å²) in [6, 6.07) is 16.4. The number of halogens is 3. The lowest BCUT2D eigenvalue weighted by Crippen LogP contribution is -2.13. The fourth-order valence-electron chi connectivity index (χ4n) is 2.88. The van der Waals surface area contributed by atoms with Gasteiger partial charge in [0.1, 0.15) is 24.1 Å². The van der Waals surface area contributed by atoms with Gasteiger partial charge in [-0.3, -0.25) is 4.79 Å². The van der Waals surface area contributed by atoms with E-state index in [1.807, 2.05) is 13.0 Å². The summed E-state index contributed by atoms with van der Waals surface area (Å²) in [4.78, 5) is 12.6. The van der Waals surface area contributed by atoms with E-state index in [1.54, 1.807) is 42.5 Å². The Morgan fingerprint density at radius 3 is 2.58 bits per heavy atom. The molecule has 1 N–H and O–H groups in total. The smallest absolute Gasteiger partial charge is 0.266 e. The number of carbonyl (C=O) groups excluding carboxylic acids is 1. The Balaban J connectivity index is 1.81. The third-order valence-corrected chi connectivity index (χ3v) is 5.65. The van der Waals surface area contributed by atoms with Gasteiger partial charge >= 0.3 is 0 Å². The molecular formula is C25H19BrClFN2O3. The number of anilines is 1. The van der Waals surface area contributed by atoms with Crippen LogP contribution in [0.3, 0.4) is 0 Å². The predicted octanol–water partition coefficient (Wildman–Crippen LogP) is 6.68. The first kappa shape index (κ1) is 24.3. The first-order chi connectivity index (χ1) is 15.8. The number of hydrogen-bond donors (Lipinski definition) is 1. The number of ether oxygens (including phenoxy) is 2. The predicted molar refractivity (Wildman–Crippen MR) is 130 cm³/mol. The van der Waals surface area contributed by atoms with E-state index in [4.69, 9.17) is 21.1 Å². The molecular weight excluding hydrogens is 511 g/mol. The van der Waals surface area contributed by atoms with E-state index < -0.39 is 5.91 Å². The van der Waals surface area contributed by atoms with Crippen molar-refractivity contribution in [3.05, 3.63) is 92.2 Å². The molecule has 8 heteroatoms. The molecule has 5 nitrogen and oxygen atoms in total. The zero-order valence-corrected chi connectivity index (χ0v) is 20.1. The number of nitriles is 1. The highest BCUT2D eigenvalue weighted by molar-refractivity contribution is 9.10. The standard InChI is InChI=1S/C25H19BrClFN2O3/c1-15-3-8-20(12-22(15)27)30-25(31)18(13-29)9-17-10-21(26)24(23(11-17)32-2)33-14-16-4-6-19(28)7-5-16/h3-12H,14H2,1-2H3,(H,30,31)/b18-9-. The molecule has 0 unspecified atom stereocenters. The number of nitrogens with one attached hydrogen (secondary N) is 1. The number of hydrogen-bond acceptors (Lipinski definition) is 4. The van der Waals surface area contributed by atoms with Gasteiger partial charge in [0.25, 0.3) is 5.91 Å². The fraction of sp³-hybridized carbons (Fsp3) is 0.120. The van der Waals surface area contributed by atoms with Crippen LogP contribution in [0.15, 0.2) is 64.6 Å². The lowest BCUT2D eigenvalue weighted by atomic mass is 10.1. The number of methoxy groups -OCH3 is 1. The zero-order chi connectivity index (χ0) is 24.0. The second-order valence-electron chi connectivity index (χ2n) is 7.04. The van der Waals surface area contributed by atoms with Gasteiger partial charge in [0.2, 0.25) is 0 Å². The number of benzene rings is 3. The van der Waals surface area contributed by atoms with E-state index in [9.17, 15) is 14.4 Å². The second-order valence-corrected chi connectivity index (χ2v) is 8.30. The van der Waals surface area contributed by atoms with E-state index in [2.05, 4.69) is 21.2 Å². The zero-order valence-electron chi connectivity index (χ0n) is 17.8. The van der Waals surface area contributed by atoms with Crippen LogP contribution >= 0.6 is 27.5 Å². The van der Waals surface area contributed by atoms with Crippen LogP contribution in [0.5, 0.6) is 11.5 Å². The largest absolute Gasteiger partial charge is 0.493 e. The third-order valence-electron chi connectivity index (χ3n) is 4.65. The Hall–Kier alpha value is -3.34. The normalized spacial score (nSPS) is 11.0. The maximum atomic E-state index is 13.1. The first-order valence-corrected chi connectivity index (χ1v) is 10.9. The molecule has 1 amide bonds. The van der Waals surface area contributed by atoms with E-state index >= 15 is 0 Å². The fourth-order valence-corrected chi connectivity index (χ4v) is 3.64. The molecule has 3 aromatic carbocycles. The molecule has 0 fully saturated rings. The second kappa shape index (κ2) is 11.0. The molecule has 0 aliphatic rings. The highest BCUT2D eigenvalue weighted by Gasteiger charge is 2.15. The highest BCUT2D eigenvalue weighted by atomic mass is 79.9. The van der Waals surface area contributed by atoms with Crippen LogP contribution in [0.4, 0.5) is 10.1 Å². The van der Waals surface area contributed by atoms with Gasteiger partial charge in [-0.2, -0.15) is 5.26 Å². The van der Waals surface area contributed by atoms with E-state index in [0.717, 1.165) is 11.1 Å². The van der Waals surface area contributed by atoms with Gasteiger partial charge in [-0.1, -0.05) is 29.8 Å². The molecule has 33 heavy (non-hydrogen) atoms. The van der Waals surface area contributed by atoms with Gasteiger partial charge < -0.3 is 14.8 Å². The van der Waals surface area contributed by atoms with Gasteiger partial charge in [0.05, 0.1) is 11.6 Å². The molecule has 0 heterocycles. The monoisotopic (exact) mass is 528 g/mol. The summed E-state index contributed by atoms with van der Waals surface area (Å²) < 4.78 is 24.9. The molecule has 0 saturated heterocycles. The van der Waals surface area contributed by atoms with Crippen molar-refractivity contribution >= 4 is 45.2 Å². The molecule has 0 saturated carbocycles. The maximum Gasteiger partial charge on any atom is 0.266 e. The van der Waals surface area contributed by atoms with Gasteiger partial charge in [-0.05, 0) is 82.0 Å². The van der Waals surface area contributed by atoms with Crippen molar-refractivity contribution < 1.29 is 18.7 Å². The topological polar surface area (TPSA) is 71.3 Å². The molecule has 3 rings (SSSR count). The van der Waals surface area contributed by atoms with Crippen molar-refractivity contribution in [2.75, 3.05) is 12.4 Å². The van der Waals surface area contributed by atoms with Crippen molar-refractivity contribution in [3.63, 3.8) is 0 Å². The minimum Gasteiger partial charge on any atom is -0.493 e. The van der Waals surface area contributed by atoms with Crippen molar-refractivity contribution in [1.82, 2.24) is 0 Å². The summed E-state index contributed by atoms with van der Waals surface area (Å²) in [5, 5.41) is 12.7. The molecule has 0 atom stereocenters. The number of nitrogens with zero attached hydrogens (tertiary/aromatic N) is 1. The molecule has 3 aromatic rings. The molecule has 0 radical (unpaired) electrons. The lowest BCUT2D eigenvalue weighted by molar-refractivity contribution is -0.112. The average Bonchev–Trinajstić information content (AvgIpc) is 2.79. The van der Waals surface area contributed by atoms with Crippen LogP contribution in [0.25, 0.3) is 6.08 Å². The summed E-state index contributed by atoms with van der Waals surface area (Å²) in [7, 11) is 1.49. The molecule has 0 bridgehead atoms. The van der Waals surface area contributed by atoms with Gasteiger partial charge in [-0.25, -0.2) is 4.39 Å². The van der Waals surface area contributed by atoms with E-state index in [-0.39, 0.29) is 18.0 Å². The molecule has 0 aromatic heterocycles. The molecule has 168 valence electrons. The Labute approximate surface area is 204 Å². The van der Waals surface area contributed by atoms with Crippen LogP contribution in [-0.2, 0) is 11.4 Å². The number of amides is 1. The van der Waals surface area contributed by atoms with Crippen molar-refractivity contribution in [3.8, 4) is 17.6 Å². The SMILES string of the molecule is COc1cc(/C=C(/C#N)C(=O)Nc2ccc(C)c(Cl)c2)cc(Br)c1OCc1ccc(F)cc1. The van der Waals surface area contributed by atoms with Crippen LogP contribution in [0, 0.1) is 24.1 Å². The van der Waals surface area contributed by atoms with Gasteiger partial charge in [0, 0.05) is 10.7 Å². The number of rotatable bonds is 7. The van der Waals surface area contributed by atoms with E-state index in [1.165, 1.54) is 25.3 Å². The summed E-state index contributed by atoms with van der Waals surface area (Å²) in [5.41, 5.74) is 2.61. The summed E-state index contributed by atoms with van der Waals surface area (Å²) >= 11 is 9.55. The van der Waals surface area contributed by atoms with Gasteiger partial charge in [0.15, 0.2) is 11.5 Å². The molecule has 0 spiro atoms. The lowest BCUT2D eigenvalue weighted by Gasteiger charge is -2.14. The van der Waals surface area contributed by atoms with Crippen LogP contribution in [0.2, 0.25) is 5.02 Å². The number of carbonyl (C=O) groups is 1. The third kappa shape index (κ3) is 6.35. The Bertz CT molecular complexity index is 1250. The highest BCUT2D eigenvalue weighted by Crippen LogP contribution is 2.38. The summed E-state index contributed by atoms with van der Waals surface area (Å²) in [6.07, 6.45) is 1.45. The Morgan fingerprint density at radius 2 is 1.94 bits per heavy atom. The van der Waals surface area contributed by atoms with Gasteiger partial charge in [-0.15, -0.1) is 0 Å². The number of aryl methyl sites for hydroxylation is 1. The quantitative estimate of drug-likeness (QED) is 0.274. The van der Waals surface area contributed by atoms with Crippen LogP contribution in [0.1, 0.15) is 16.7 Å². The first-order valence-electron chi connectivity index (χ1n) is 9.74. The average molecular weight is 530 g/mol. The van der Waals surface area contributed by atoms with Crippen molar-refractivity contribution in [1.29, 1.82) is 5.26 Å². The summed E-state index contributed by atoms with van der Waals surface area (Å²) in [5.74, 6) is -0.0439. The van der Waals surface area contributed by atoms with Crippen LogP contribution < -0.4 is 14.8 Å². The minimum absolute atomic E-state index is 0.0966. The Morgan fingerprint density at radius 1 is 1.21 bits per heavy atom. The minimum atomic E-state index is -0.566. The van der Waals surface area contributed by atoms with E-state index in [0.29, 0.717) is 32.2 Å². The van der Waals surface area contributed by atoms with Crippen LogP contribution in [-0.4, -0.2) is 13.0 Å². The Kier molecular flexibility index (Phi) is 8.10. The van der Waals surface area contributed by atoms with Crippen molar-refractivity contribution in [2.24, 2.45) is 0 Å². The summed E-state index contributed by atoms with van der Waals surface area (Å²) in [6.45, 7) is 2.06. The molecule has 0 aliphatic heterocycles.